The van der Waals surface area contributed by atoms with Gasteiger partial charge in [0.1, 0.15) is 6.17 Å². The average molecular weight is 512 g/mol. The predicted octanol–water partition coefficient (Wildman–Crippen LogP) is 8.66. The van der Waals surface area contributed by atoms with Crippen LogP contribution in [0.4, 0.5) is 11.4 Å². The number of hydrogen-bond donors (Lipinski definition) is 0. The number of halogens is 2. The molecule has 1 heterocycles. The van der Waals surface area contributed by atoms with Crippen molar-refractivity contribution in [1.29, 1.82) is 0 Å². The third-order valence-corrected chi connectivity index (χ3v) is 7.42. The Balaban J connectivity index is 1.95. The van der Waals surface area contributed by atoms with E-state index in [1.54, 1.807) is 0 Å². The van der Waals surface area contributed by atoms with E-state index < -0.39 is 0 Å². The fourth-order valence-corrected chi connectivity index (χ4v) is 6.33. The molecule has 4 rings (SSSR count). The molecule has 3 aromatic carbocycles. The Morgan fingerprint density at radius 3 is 1.57 bits per heavy atom. The van der Waals surface area contributed by atoms with Crippen LogP contribution in [0.25, 0.3) is 0 Å². The van der Waals surface area contributed by atoms with Crippen LogP contribution in [0, 0.1) is 41.5 Å². The molecule has 0 N–H and O–H groups in total. The molecule has 1 saturated heterocycles. The molecule has 1 aliphatic heterocycles. The van der Waals surface area contributed by atoms with Crippen LogP contribution in [0.1, 0.15) is 59.0 Å². The number of nitrogens with zero attached hydrogens (tertiary/aromatic N) is 2. The number of aryl methyl sites for hydroxylation is 6. The van der Waals surface area contributed by atoms with Gasteiger partial charge >= 0.3 is 0 Å². The van der Waals surface area contributed by atoms with Crippen molar-refractivity contribution in [2.75, 3.05) is 22.9 Å². The van der Waals surface area contributed by atoms with Gasteiger partial charge in [-0.15, -0.1) is 0 Å². The van der Waals surface area contributed by atoms with E-state index in [-0.39, 0.29) is 12.3 Å². The van der Waals surface area contributed by atoms with Crippen molar-refractivity contribution in [3.8, 4) is 5.75 Å². The Bertz CT molecular complexity index is 1160. The maximum Gasteiger partial charge on any atom is 0.157 e. The molecule has 1 fully saturated rings. The van der Waals surface area contributed by atoms with Gasteiger partial charge in [-0.1, -0.05) is 64.7 Å². The molecular formula is C30H36Cl2N2O. The van der Waals surface area contributed by atoms with E-state index in [9.17, 15) is 0 Å². The van der Waals surface area contributed by atoms with Gasteiger partial charge in [0.2, 0.25) is 0 Å². The highest BCUT2D eigenvalue weighted by molar-refractivity contribution is 6.37. The largest absolute Gasteiger partial charge is 0.488 e. The summed E-state index contributed by atoms with van der Waals surface area (Å²) in [5.41, 5.74) is 11.2. The maximum absolute atomic E-state index is 7.09. The Morgan fingerprint density at radius 1 is 0.743 bits per heavy atom. The zero-order valence-electron chi connectivity index (χ0n) is 22.1. The predicted molar refractivity (Wildman–Crippen MR) is 151 cm³/mol. The smallest absolute Gasteiger partial charge is 0.157 e. The first kappa shape index (κ1) is 25.7. The highest BCUT2D eigenvalue weighted by atomic mass is 35.5. The van der Waals surface area contributed by atoms with Gasteiger partial charge in [0.25, 0.3) is 0 Å². The lowest BCUT2D eigenvalue weighted by molar-refractivity contribution is 0.242. The van der Waals surface area contributed by atoms with Crippen LogP contribution in [0.5, 0.6) is 5.75 Å². The van der Waals surface area contributed by atoms with Gasteiger partial charge < -0.3 is 14.5 Å². The van der Waals surface area contributed by atoms with Crippen molar-refractivity contribution in [3.05, 3.63) is 85.4 Å². The van der Waals surface area contributed by atoms with Gasteiger partial charge in [-0.05, 0) is 83.7 Å². The van der Waals surface area contributed by atoms with Crippen LogP contribution in [0.2, 0.25) is 10.0 Å². The lowest BCUT2D eigenvalue weighted by Crippen LogP contribution is -2.33. The number of anilines is 2. The first-order valence-electron chi connectivity index (χ1n) is 12.3. The molecule has 0 amide bonds. The van der Waals surface area contributed by atoms with Crippen LogP contribution in [0.15, 0.2) is 36.4 Å². The van der Waals surface area contributed by atoms with E-state index in [0.717, 1.165) is 18.7 Å². The molecule has 0 aromatic heterocycles. The lowest BCUT2D eigenvalue weighted by atomic mass is 10.0. The van der Waals surface area contributed by atoms with Gasteiger partial charge in [-0.3, -0.25) is 0 Å². The minimum absolute atomic E-state index is 0.0285. The minimum Gasteiger partial charge on any atom is -0.488 e. The molecule has 1 aliphatic rings. The molecule has 3 aromatic rings. The second kappa shape index (κ2) is 9.95. The van der Waals surface area contributed by atoms with Crippen molar-refractivity contribution in [1.82, 2.24) is 0 Å². The van der Waals surface area contributed by atoms with Crippen LogP contribution in [0.3, 0.4) is 0 Å². The summed E-state index contributed by atoms with van der Waals surface area (Å²) in [5.74, 6) is 0.558. The summed E-state index contributed by atoms with van der Waals surface area (Å²) in [6.45, 7) is 18.9. The topological polar surface area (TPSA) is 15.7 Å². The monoisotopic (exact) mass is 510 g/mol. The van der Waals surface area contributed by atoms with Gasteiger partial charge in [-0.25, -0.2) is 0 Å². The Kier molecular flexibility index (Phi) is 7.31. The average Bonchev–Trinajstić information content (AvgIpc) is 3.13. The normalized spacial score (nSPS) is 14.4. The van der Waals surface area contributed by atoms with Crippen molar-refractivity contribution < 1.29 is 4.74 Å². The second-order valence-electron chi connectivity index (χ2n) is 10.2. The van der Waals surface area contributed by atoms with Crippen LogP contribution >= 0.6 is 23.2 Å². The maximum atomic E-state index is 7.09. The molecule has 0 atom stereocenters. The van der Waals surface area contributed by atoms with Crippen molar-refractivity contribution >= 4 is 34.6 Å². The summed E-state index contributed by atoms with van der Waals surface area (Å²) in [6, 6.07) is 13.0. The summed E-state index contributed by atoms with van der Waals surface area (Å²) >= 11 is 13.6. The van der Waals surface area contributed by atoms with Crippen LogP contribution in [-0.2, 0) is 0 Å². The molecule has 3 nitrogen and oxygen atoms in total. The minimum atomic E-state index is -0.0884. The zero-order valence-corrected chi connectivity index (χ0v) is 23.6. The fourth-order valence-electron chi connectivity index (χ4n) is 5.77. The summed E-state index contributed by atoms with van der Waals surface area (Å²) in [5, 5.41) is 1.12. The second-order valence-corrected chi connectivity index (χ2v) is 11.0. The summed E-state index contributed by atoms with van der Waals surface area (Å²) < 4.78 is 6.08. The van der Waals surface area contributed by atoms with Gasteiger partial charge in [0, 0.05) is 30.0 Å². The molecule has 0 bridgehead atoms. The molecule has 0 spiro atoms. The molecule has 5 heteroatoms. The third kappa shape index (κ3) is 4.86. The van der Waals surface area contributed by atoms with E-state index in [1.807, 2.05) is 19.9 Å². The molecule has 186 valence electrons. The highest BCUT2D eigenvalue weighted by Gasteiger charge is 2.38. The third-order valence-electron chi connectivity index (χ3n) is 6.73. The molecule has 0 unspecified atom stereocenters. The van der Waals surface area contributed by atoms with Crippen molar-refractivity contribution in [2.24, 2.45) is 0 Å². The quantitative estimate of drug-likeness (QED) is 0.341. The van der Waals surface area contributed by atoms with Crippen LogP contribution in [-0.4, -0.2) is 19.2 Å². The standard InChI is InChI=1S/C30H36Cl2N2O/c1-17(2)35-29-25(31)10-9-24(26(29)32)30-33(27-20(5)13-18(3)14-21(27)6)11-12-34(30)28-22(7)15-19(4)16-23(28)8/h9-10,13-17,30H,11-12H2,1-8H3. The first-order valence-corrected chi connectivity index (χ1v) is 13.1. The Morgan fingerprint density at radius 2 is 1.17 bits per heavy atom. The number of ether oxygens (including phenoxy) is 1. The van der Waals surface area contributed by atoms with E-state index in [0.29, 0.717) is 15.8 Å². The number of hydrogen-bond acceptors (Lipinski definition) is 3. The van der Waals surface area contributed by atoms with E-state index in [1.165, 1.54) is 44.8 Å². The molecule has 35 heavy (non-hydrogen) atoms. The Labute approximate surface area is 220 Å². The van der Waals surface area contributed by atoms with E-state index in [4.69, 9.17) is 27.9 Å². The highest BCUT2D eigenvalue weighted by Crippen LogP contribution is 2.47. The summed E-state index contributed by atoms with van der Waals surface area (Å²) in [4.78, 5) is 4.99. The zero-order chi connectivity index (χ0) is 25.6. The number of benzene rings is 3. The molecule has 0 saturated carbocycles. The summed E-state index contributed by atoms with van der Waals surface area (Å²) in [7, 11) is 0. The van der Waals surface area contributed by atoms with Gasteiger partial charge in [0.15, 0.2) is 5.75 Å². The Hall–Kier alpha value is -2.36. The fraction of sp³-hybridized carbons (Fsp3) is 0.400. The first-order chi connectivity index (χ1) is 16.5. The van der Waals surface area contributed by atoms with E-state index in [2.05, 4.69) is 81.7 Å². The van der Waals surface area contributed by atoms with Gasteiger partial charge in [-0.2, -0.15) is 0 Å². The molecular weight excluding hydrogens is 475 g/mol. The van der Waals surface area contributed by atoms with Crippen molar-refractivity contribution in [3.63, 3.8) is 0 Å². The van der Waals surface area contributed by atoms with Gasteiger partial charge in [0.05, 0.1) is 16.1 Å². The lowest BCUT2D eigenvalue weighted by Gasteiger charge is -2.37. The molecule has 0 aliphatic carbocycles. The molecule has 0 radical (unpaired) electrons. The SMILES string of the molecule is Cc1cc(C)c(N2CCN(c3c(C)cc(C)cc3C)C2c2ccc(Cl)c(OC(C)C)c2Cl)c(C)c1. The number of rotatable bonds is 5. The van der Waals surface area contributed by atoms with Crippen LogP contribution < -0.4 is 14.5 Å². The van der Waals surface area contributed by atoms with E-state index >= 15 is 0 Å². The van der Waals surface area contributed by atoms with Crippen molar-refractivity contribution in [2.45, 2.75) is 67.7 Å². The summed E-state index contributed by atoms with van der Waals surface area (Å²) in [6.07, 6.45) is -0.117.